The molecule has 3 nitrogen and oxygen atoms in total. The van der Waals surface area contributed by atoms with Crippen LogP contribution in [0.3, 0.4) is 0 Å². The predicted octanol–water partition coefficient (Wildman–Crippen LogP) is 2.53. The van der Waals surface area contributed by atoms with Crippen LogP contribution in [0.25, 0.3) is 6.08 Å². The minimum atomic E-state index is -0.579. The monoisotopic (exact) mass is 277 g/mol. The second-order valence-corrected chi connectivity index (χ2v) is 6.53. The average Bonchev–Trinajstić information content (AvgIpc) is 3.28. The molecule has 0 radical (unpaired) electrons. The Kier molecular flexibility index (Phi) is 1.84. The lowest BCUT2D eigenvalue weighted by Crippen LogP contribution is -2.61. The summed E-state index contributed by atoms with van der Waals surface area (Å²) < 4.78 is 0. The molecule has 21 heavy (non-hydrogen) atoms. The van der Waals surface area contributed by atoms with Crippen molar-refractivity contribution in [2.75, 3.05) is 7.05 Å². The van der Waals surface area contributed by atoms with Crippen molar-refractivity contribution in [3.63, 3.8) is 0 Å². The largest absolute Gasteiger partial charge is 0.281 e. The first-order chi connectivity index (χ1) is 10.2. The van der Waals surface area contributed by atoms with Crippen LogP contribution in [0.2, 0.25) is 0 Å². The standard InChI is InChI=1S/C18H15NO2/c1-19-16(20)13-4-2-3-11-7-8-12-9-14(10-5-6-10)18(12,15(11)13)17(19)21/h2-4,7-10,12H,5-6H2,1H3/t12-,18+/m1/s1. The van der Waals surface area contributed by atoms with E-state index in [-0.39, 0.29) is 17.7 Å². The Hall–Kier alpha value is -2.16. The number of imide groups is 1. The SMILES string of the molecule is CN1C(=O)c2cccc3c2[C@@]2(C1=O)C(C1CC1)=C[C@H]2C=C3. The molecule has 0 unspecified atom stereocenters. The predicted molar refractivity (Wildman–Crippen MR) is 78.6 cm³/mol. The first-order valence-corrected chi connectivity index (χ1v) is 7.52. The lowest BCUT2D eigenvalue weighted by Gasteiger charge is -2.53. The maximum Gasteiger partial charge on any atom is 0.260 e. The fourth-order valence-corrected chi connectivity index (χ4v) is 4.35. The van der Waals surface area contributed by atoms with Gasteiger partial charge < -0.3 is 0 Å². The number of carbonyl (C=O) groups excluding carboxylic acids is 2. The molecule has 1 heterocycles. The summed E-state index contributed by atoms with van der Waals surface area (Å²) in [7, 11) is 1.62. The zero-order valence-corrected chi connectivity index (χ0v) is 11.8. The highest BCUT2D eigenvalue weighted by Crippen LogP contribution is 2.62. The van der Waals surface area contributed by atoms with E-state index in [0.717, 1.165) is 11.1 Å². The fraction of sp³-hybridized carbons (Fsp3) is 0.333. The van der Waals surface area contributed by atoms with Gasteiger partial charge in [0.05, 0.1) is 0 Å². The Morgan fingerprint density at radius 1 is 1.24 bits per heavy atom. The molecule has 1 fully saturated rings. The summed E-state index contributed by atoms with van der Waals surface area (Å²) in [6.45, 7) is 0. The van der Waals surface area contributed by atoms with Gasteiger partial charge in [0.2, 0.25) is 5.91 Å². The number of benzene rings is 1. The van der Waals surface area contributed by atoms with Crippen molar-refractivity contribution < 1.29 is 9.59 Å². The minimum absolute atomic E-state index is 0.0359. The Labute approximate surface area is 122 Å². The number of likely N-dealkylation sites (N-methyl/N-ethyl adjacent to an activating group) is 1. The summed E-state index contributed by atoms with van der Waals surface area (Å²) in [5.74, 6) is 0.453. The van der Waals surface area contributed by atoms with Crippen molar-refractivity contribution in [2.24, 2.45) is 11.8 Å². The molecule has 1 aromatic carbocycles. The van der Waals surface area contributed by atoms with Crippen molar-refractivity contribution >= 4 is 17.9 Å². The third kappa shape index (κ3) is 1.10. The summed E-state index contributed by atoms with van der Waals surface area (Å²) >= 11 is 0. The molecule has 1 aliphatic heterocycles. The molecule has 0 saturated heterocycles. The molecule has 5 rings (SSSR count). The number of hydrogen-bond acceptors (Lipinski definition) is 2. The lowest BCUT2D eigenvalue weighted by molar-refractivity contribution is -0.135. The van der Waals surface area contributed by atoms with E-state index in [4.69, 9.17) is 0 Å². The van der Waals surface area contributed by atoms with Gasteiger partial charge in [0, 0.05) is 18.5 Å². The zero-order valence-electron chi connectivity index (χ0n) is 11.8. The van der Waals surface area contributed by atoms with Gasteiger partial charge in [-0.15, -0.1) is 0 Å². The molecular weight excluding hydrogens is 262 g/mol. The summed E-state index contributed by atoms with van der Waals surface area (Å²) in [5, 5.41) is 0. The zero-order chi connectivity index (χ0) is 14.4. The second-order valence-electron chi connectivity index (χ2n) is 6.53. The molecule has 1 spiro atoms. The van der Waals surface area contributed by atoms with Crippen LogP contribution in [0.4, 0.5) is 0 Å². The summed E-state index contributed by atoms with van der Waals surface area (Å²) in [4.78, 5) is 26.9. The molecule has 0 aromatic heterocycles. The number of nitrogens with zero attached hydrogens (tertiary/aromatic N) is 1. The van der Waals surface area contributed by atoms with Crippen LogP contribution in [0.15, 0.2) is 35.9 Å². The van der Waals surface area contributed by atoms with E-state index in [1.54, 1.807) is 7.05 Å². The normalized spacial score (nSPS) is 32.3. The van der Waals surface area contributed by atoms with Crippen molar-refractivity contribution in [2.45, 2.75) is 18.3 Å². The van der Waals surface area contributed by atoms with E-state index in [0.29, 0.717) is 11.5 Å². The molecule has 1 saturated carbocycles. The Bertz CT molecular complexity index is 784. The second kappa shape index (κ2) is 3.35. The Morgan fingerprint density at radius 3 is 2.81 bits per heavy atom. The van der Waals surface area contributed by atoms with Crippen LogP contribution in [-0.4, -0.2) is 23.8 Å². The first kappa shape index (κ1) is 11.5. The molecule has 1 aromatic rings. The van der Waals surface area contributed by atoms with Crippen LogP contribution in [-0.2, 0) is 10.2 Å². The Morgan fingerprint density at radius 2 is 2.05 bits per heavy atom. The van der Waals surface area contributed by atoms with Gasteiger partial charge >= 0.3 is 0 Å². The van der Waals surface area contributed by atoms with Gasteiger partial charge in [-0.1, -0.05) is 30.4 Å². The van der Waals surface area contributed by atoms with Crippen LogP contribution >= 0.6 is 0 Å². The van der Waals surface area contributed by atoms with Crippen molar-refractivity contribution in [3.05, 3.63) is 52.6 Å². The summed E-state index contributed by atoms with van der Waals surface area (Å²) in [5.41, 5.74) is 3.38. The van der Waals surface area contributed by atoms with E-state index < -0.39 is 5.41 Å². The van der Waals surface area contributed by atoms with E-state index in [2.05, 4.69) is 18.2 Å². The van der Waals surface area contributed by atoms with Gasteiger partial charge in [-0.2, -0.15) is 0 Å². The Balaban J connectivity index is 1.88. The highest BCUT2D eigenvalue weighted by Gasteiger charge is 2.63. The van der Waals surface area contributed by atoms with Crippen molar-refractivity contribution in [1.29, 1.82) is 0 Å². The number of hydrogen-bond donors (Lipinski definition) is 0. The quantitative estimate of drug-likeness (QED) is 0.584. The molecule has 0 N–H and O–H groups in total. The molecule has 0 bridgehead atoms. The van der Waals surface area contributed by atoms with Crippen LogP contribution in [0.5, 0.6) is 0 Å². The van der Waals surface area contributed by atoms with Gasteiger partial charge in [-0.3, -0.25) is 14.5 Å². The summed E-state index contributed by atoms with van der Waals surface area (Å²) in [6, 6.07) is 5.79. The molecule has 3 aliphatic carbocycles. The number of amides is 2. The van der Waals surface area contributed by atoms with E-state index >= 15 is 0 Å². The smallest absolute Gasteiger partial charge is 0.260 e. The van der Waals surface area contributed by atoms with E-state index in [9.17, 15) is 9.59 Å². The highest BCUT2D eigenvalue weighted by atomic mass is 16.2. The minimum Gasteiger partial charge on any atom is -0.281 e. The van der Waals surface area contributed by atoms with Gasteiger partial charge in [0.15, 0.2) is 0 Å². The third-order valence-electron chi connectivity index (χ3n) is 5.48. The molecular formula is C18H15NO2. The molecule has 3 heteroatoms. The number of rotatable bonds is 1. The van der Waals surface area contributed by atoms with Crippen LogP contribution in [0, 0.1) is 11.8 Å². The average molecular weight is 277 g/mol. The van der Waals surface area contributed by atoms with E-state index in [1.165, 1.54) is 23.3 Å². The number of allylic oxidation sites excluding steroid dienone is 2. The molecule has 4 aliphatic rings. The van der Waals surface area contributed by atoms with Crippen molar-refractivity contribution in [1.82, 2.24) is 4.90 Å². The van der Waals surface area contributed by atoms with Gasteiger partial charge in [0.1, 0.15) is 5.41 Å². The maximum absolute atomic E-state index is 13.1. The summed E-state index contributed by atoms with van der Waals surface area (Å²) in [6.07, 6.45) is 8.78. The molecule has 2 atom stereocenters. The van der Waals surface area contributed by atoms with Gasteiger partial charge in [0.25, 0.3) is 5.91 Å². The third-order valence-corrected chi connectivity index (χ3v) is 5.48. The lowest BCUT2D eigenvalue weighted by atomic mass is 9.51. The van der Waals surface area contributed by atoms with E-state index in [1.807, 2.05) is 18.2 Å². The topological polar surface area (TPSA) is 37.4 Å². The maximum atomic E-state index is 13.1. The van der Waals surface area contributed by atoms with Crippen LogP contribution in [0.1, 0.15) is 34.3 Å². The van der Waals surface area contributed by atoms with Gasteiger partial charge in [-0.05, 0) is 41.5 Å². The van der Waals surface area contributed by atoms with Gasteiger partial charge in [-0.25, -0.2) is 0 Å². The van der Waals surface area contributed by atoms with Crippen molar-refractivity contribution in [3.8, 4) is 0 Å². The molecule has 2 amide bonds. The van der Waals surface area contributed by atoms with Crippen LogP contribution < -0.4 is 0 Å². The first-order valence-electron chi connectivity index (χ1n) is 7.52. The fourth-order valence-electron chi connectivity index (χ4n) is 4.35. The molecule has 104 valence electrons. The highest BCUT2D eigenvalue weighted by molar-refractivity contribution is 6.16. The number of carbonyl (C=O) groups is 2.